The quantitative estimate of drug-likeness (QED) is 0.898. The number of hydrogen-bond donors (Lipinski definition) is 1. The SMILES string of the molecule is O=C(O)C12CC3C[C@@](CCF)(C1)C[C@](c1ccccc1)(C3)C2. The van der Waals surface area contributed by atoms with Crippen LogP contribution in [0.3, 0.4) is 0 Å². The molecule has 4 bridgehead atoms. The number of halogens is 1. The molecule has 22 heavy (non-hydrogen) atoms. The van der Waals surface area contributed by atoms with Gasteiger partial charge in [-0.2, -0.15) is 0 Å². The van der Waals surface area contributed by atoms with E-state index in [9.17, 15) is 14.3 Å². The van der Waals surface area contributed by atoms with E-state index in [4.69, 9.17) is 0 Å². The van der Waals surface area contributed by atoms with E-state index in [1.807, 2.05) is 18.2 Å². The van der Waals surface area contributed by atoms with Crippen LogP contribution in [0, 0.1) is 16.7 Å². The van der Waals surface area contributed by atoms with Crippen molar-refractivity contribution in [2.24, 2.45) is 16.7 Å². The molecule has 1 aromatic rings. The molecule has 4 aliphatic rings. The third kappa shape index (κ3) is 1.87. The molecule has 5 rings (SSSR count). The second-order valence-corrected chi connectivity index (χ2v) is 8.18. The van der Waals surface area contributed by atoms with Gasteiger partial charge in [0, 0.05) is 0 Å². The van der Waals surface area contributed by atoms with E-state index in [1.54, 1.807) is 0 Å². The number of alkyl halides is 1. The predicted molar refractivity (Wildman–Crippen MR) is 82.4 cm³/mol. The van der Waals surface area contributed by atoms with E-state index < -0.39 is 11.4 Å². The highest BCUT2D eigenvalue weighted by Crippen LogP contribution is 2.71. The van der Waals surface area contributed by atoms with Crippen LogP contribution in [0.15, 0.2) is 30.3 Å². The zero-order valence-corrected chi connectivity index (χ0v) is 12.9. The van der Waals surface area contributed by atoms with Gasteiger partial charge in [0.2, 0.25) is 0 Å². The Labute approximate surface area is 130 Å². The number of carboxylic acids is 1. The summed E-state index contributed by atoms with van der Waals surface area (Å²) in [6.07, 6.45) is 5.84. The molecule has 4 fully saturated rings. The fraction of sp³-hybridized carbons (Fsp3) is 0.632. The molecule has 4 aliphatic carbocycles. The van der Waals surface area contributed by atoms with Gasteiger partial charge in [-0.15, -0.1) is 0 Å². The number of carboxylic acid groups (broad SMARTS) is 1. The van der Waals surface area contributed by atoms with Crippen LogP contribution in [0.1, 0.15) is 50.5 Å². The number of hydrogen-bond acceptors (Lipinski definition) is 1. The highest BCUT2D eigenvalue weighted by Gasteiger charge is 2.65. The van der Waals surface area contributed by atoms with Gasteiger partial charge in [-0.25, -0.2) is 0 Å². The van der Waals surface area contributed by atoms with Crippen LogP contribution in [0.25, 0.3) is 0 Å². The first kappa shape index (κ1) is 14.2. The lowest BCUT2D eigenvalue weighted by molar-refractivity contribution is -0.180. The first-order valence-electron chi connectivity index (χ1n) is 8.37. The standard InChI is InChI=1S/C19H23FO2/c20-7-6-17-8-14-9-18(11-17,15-4-2-1-3-5-15)13-19(10-14,12-17)16(21)22/h1-5,14H,6-13H2,(H,21,22)/t14?,17-,18-,19?/m1/s1. The lowest BCUT2D eigenvalue weighted by Gasteiger charge is -2.65. The third-order valence-electron chi connectivity index (χ3n) is 6.65. The molecule has 3 heteroatoms. The maximum atomic E-state index is 13.2. The highest BCUT2D eigenvalue weighted by atomic mass is 19.1. The molecule has 0 radical (unpaired) electrons. The van der Waals surface area contributed by atoms with Gasteiger partial charge in [0.05, 0.1) is 12.1 Å². The number of benzene rings is 1. The maximum absolute atomic E-state index is 13.2. The molecule has 2 unspecified atom stereocenters. The lowest BCUT2D eigenvalue weighted by Crippen LogP contribution is -2.61. The summed E-state index contributed by atoms with van der Waals surface area (Å²) in [5, 5.41) is 9.93. The molecule has 0 spiro atoms. The Balaban J connectivity index is 1.83. The Bertz CT molecular complexity index is 601. The molecule has 0 saturated heterocycles. The summed E-state index contributed by atoms with van der Waals surface area (Å²) >= 11 is 0. The second-order valence-electron chi connectivity index (χ2n) is 8.18. The monoisotopic (exact) mass is 302 g/mol. The van der Waals surface area contributed by atoms with Gasteiger partial charge in [-0.1, -0.05) is 30.3 Å². The number of rotatable bonds is 4. The Morgan fingerprint density at radius 2 is 1.91 bits per heavy atom. The zero-order chi connectivity index (χ0) is 15.4. The van der Waals surface area contributed by atoms with E-state index in [-0.39, 0.29) is 17.5 Å². The van der Waals surface area contributed by atoms with Crippen molar-refractivity contribution in [3.05, 3.63) is 35.9 Å². The second kappa shape index (κ2) is 4.56. The summed E-state index contributed by atoms with van der Waals surface area (Å²) in [5.74, 6) is -0.209. The molecule has 1 aromatic carbocycles. The summed E-state index contributed by atoms with van der Waals surface area (Å²) in [4.78, 5) is 12.1. The van der Waals surface area contributed by atoms with Crippen LogP contribution in [0.4, 0.5) is 4.39 Å². The molecule has 1 N–H and O–H groups in total. The van der Waals surface area contributed by atoms with Crippen molar-refractivity contribution >= 4 is 5.97 Å². The molecule has 0 aliphatic heterocycles. The molecular formula is C19H23FO2. The predicted octanol–water partition coefficient (Wildman–Crippen LogP) is 4.34. The van der Waals surface area contributed by atoms with Crippen molar-refractivity contribution in [3.63, 3.8) is 0 Å². The van der Waals surface area contributed by atoms with Gasteiger partial charge in [0.15, 0.2) is 0 Å². The van der Waals surface area contributed by atoms with Crippen molar-refractivity contribution in [2.75, 3.05) is 6.67 Å². The average Bonchev–Trinajstić information content (AvgIpc) is 2.46. The fourth-order valence-electron chi connectivity index (χ4n) is 6.47. The Morgan fingerprint density at radius 3 is 2.59 bits per heavy atom. The van der Waals surface area contributed by atoms with Crippen LogP contribution in [-0.4, -0.2) is 17.8 Å². The largest absolute Gasteiger partial charge is 0.481 e. The van der Waals surface area contributed by atoms with Gasteiger partial charge >= 0.3 is 5.97 Å². The van der Waals surface area contributed by atoms with Crippen LogP contribution in [0.2, 0.25) is 0 Å². The summed E-state index contributed by atoms with van der Waals surface area (Å²) in [6, 6.07) is 10.4. The van der Waals surface area contributed by atoms with Crippen LogP contribution >= 0.6 is 0 Å². The summed E-state index contributed by atoms with van der Waals surface area (Å²) in [5.41, 5.74) is 0.508. The van der Waals surface area contributed by atoms with Crippen LogP contribution in [-0.2, 0) is 10.2 Å². The van der Waals surface area contributed by atoms with E-state index in [2.05, 4.69) is 12.1 Å². The van der Waals surface area contributed by atoms with Crippen molar-refractivity contribution in [1.29, 1.82) is 0 Å². The molecule has 2 nitrogen and oxygen atoms in total. The summed E-state index contributed by atoms with van der Waals surface area (Å²) in [7, 11) is 0. The maximum Gasteiger partial charge on any atom is 0.309 e. The Kier molecular flexibility index (Phi) is 2.95. The van der Waals surface area contributed by atoms with Gasteiger partial charge in [-0.05, 0) is 67.3 Å². The Morgan fingerprint density at radius 1 is 1.14 bits per heavy atom. The average molecular weight is 302 g/mol. The van der Waals surface area contributed by atoms with E-state index in [0.29, 0.717) is 18.8 Å². The van der Waals surface area contributed by atoms with Gasteiger partial charge < -0.3 is 5.11 Å². The first-order chi connectivity index (χ1) is 10.5. The van der Waals surface area contributed by atoms with E-state index >= 15 is 0 Å². The summed E-state index contributed by atoms with van der Waals surface area (Å²) < 4.78 is 13.2. The molecule has 4 saturated carbocycles. The van der Waals surface area contributed by atoms with Crippen LogP contribution < -0.4 is 0 Å². The normalized spacial score (nSPS) is 42.5. The van der Waals surface area contributed by atoms with E-state index in [1.165, 1.54) is 5.56 Å². The van der Waals surface area contributed by atoms with Crippen molar-refractivity contribution < 1.29 is 14.3 Å². The van der Waals surface area contributed by atoms with E-state index in [0.717, 1.165) is 32.1 Å². The zero-order valence-electron chi connectivity index (χ0n) is 12.9. The first-order valence-corrected chi connectivity index (χ1v) is 8.37. The molecule has 0 heterocycles. The molecule has 4 atom stereocenters. The minimum Gasteiger partial charge on any atom is -0.481 e. The van der Waals surface area contributed by atoms with Crippen LogP contribution in [0.5, 0.6) is 0 Å². The van der Waals surface area contributed by atoms with Crippen molar-refractivity contribution in [2.45, 2.75) is 50.4 Å². The van der Waals surface area contributed by atoms with Crippen molar-refractivity contribution in [1.82, 2.24) is 0 Å². The van der Waals surface area contributed by atoms with Gasteiger partial charge in [0.25, 0.3) is 0 Å². The summed E-state index contributed by atoms with van der Waals surface area (Å²) in [6.45, 7) is -0.326. The molecular weight excluding hydrogens is 279 g/mol. The molecule has 0 aromatic heterocycles. The number of aliphatic carboxylic acids is 1. The van der Waals surface area contributed by atoms with Gasteiger partial charge in [0.1, 0.15) is 0 Å². The molecule has 118 valence electrons. The van der Waals surface area contributed by atoms with Gasteiger partial charge in [-0.3, -0.25) is 9.18 Å². The Hall–Kier alpha value is -1.38. The van der Waals surface area contributed by atoms with Crippen molar-refractivity contribution in [3.8, 4) is 0 Å². The highest BCUT2D eigenvalue weighted by molar-refractivity contribution is 5.76. The molecule has 0 amide bonds. The minimum atomic E-state index is -0.653. The topological polar surface area (TPSA) is 37.3 Å². The third-order valence-corrected chi connectivity index (χ3v) is 6.65. The smallest absolute Gasteiger partial charge is 0.309 e. The fourth-order valence-corrected chi connectivity index (χ4v) is 6.47. The number of carbonyl (C=O) groups is 1. The lowest BCUT2D eigenvalue weighted by atomic mass is 9.38. The minimum absolute atomic E-state index is 0.0474.